The topological polar surface area (TPSA) is 150 Å². The first-order valence-corrected chi connectivity index (χ1v) is 10.3. The summed E-state index contributed by atoms with van der Waals surface area (Å²) >= 11 is 0. The molecule has 1 amide bonds. The number of tetrazole rings is 1. The summed E-state index contributed by atoms with van der Waals surface area (Å²) in [6.45, 7) is 3.40. The number of rotatable bonds is 6. The molecular weight excluding hydrogens is 412 g/mol. The van der Waals surface area contributed by atoms with E-state index in [9.17, 15) is 23.3 Å². The van der Waals surface area contributed by atoms with Crippen molar-refractivity contribution in [3.63, 3.8) is 0 Å². The zero-order valence-electron chi connectivity index (χ0n) is 16.3. The number of amides is 1. The number of nitro groups is 1. The van der Waals surface area contributed by atoms with Gasteiger partial charge < -0.3 is 5.32 Å². The molecule has 0 aliphatic rings. The highest BCUT2D eigenvalue weighted by Crippen LogP contribution is 2.36. The number of anilines is 1. The molecule has 0 radical (unpaired) electrons. The summed E-state index contributed by atoms with van der Waals surface area (Å²) in [6.07, 6.45) is 0. The number of aromatic nitrogens is 4. The van der Waals surface area contributed by atoms with Crippen LogP contribution in [0.15, 0.2) is 52.5 Å². The van der Waals surface area contributed by atoms with Crippen LogP contribution < -0.4 is 5.32 Å². The van der Waals surface area contributed by atoms with Crippen LogP contribution in [0.4, 0.5) is 11.4 Å². The van der Waals surface area contributed by atoms with E-state index in [-0.39, 0.29) is 33.3 Å². The maximum absolute atomic E-state index is 13.2. The molecule has 3 rings (SSSR count). The Hall–Kier alpha value is -3.67. The van der Waals surface area contributed by atoms with E-state index in [0.29, 0.717) is 0 Å². The number of nitro benzene ring substituents is 1. The molecule has 0 aliphatic carbocycles. The molecule has 1 aromatic heterocycles. The Morgan fingerprint density at radius 3 is 2.40 bits per heavy atom. The molecule has 30 heavy (non-hydrogen) atoms. The third-order valence-corrected chi connectivity index (χ3v) is 6.09. The van der Waals surface area contributed by atoms with E-state index in [2.05, 4.69) is 20.8 Å². The molecule has 156 valence electrons. The van der Waals surface area contributed by atoms with E-state index < -0.39 is 25.8 Å². The fourth-order valence-corrected chi connectivity index (χ4v) is 4.26. The number of aryl methyl sites for hydroxylation is 1. The van der Waals surface area contributed by atoms with Crippen molar-refractivity contribution in [2.24, 2.45) is 7.05 Å². The minimum absolute atomic E-state index is 0.200. The van der Waals surface area contributed by atoms with E-state index in [4.69, 9.17) is 0 Å². The Labute approximate surface area is 171 Å². The van der Waals surface area contributed by atoms with Crippen LogP contribution in [0.3, 0.4) is 0 Å². The van der Waals surface area contributed by atoms with Gasteiger partial charge in [0.05, 0.1) is 15.5 Å². The van der Waals surface area contributed by atoms with Crippen molar-refractivity contribution < 1.29 is 18.1 Å². The van der Waals surface area contributed by atoms with E-state index in [1.54, 1.807) is 32.0 Å². The van der Waals surface area contributed by atoms with Crippen LogP contribution in [0.2, 0.25) is 0 Å². The van der Waals surface area contributed by atoms with Crippen molar-refractivity contribution in [1.82, 2.24) is 20.2 Å². The van der Waals surface area contributed by atoms with Crippen LogP contribution in [-0.4, -0.2) is 39.5 Å². The van der Waals surface area contributed by atoms with Gasteiger partial charge in [-0.2, -0.15) is 0 Å². The van der Waals surface area contributed by atoms with Gasteiger partial charge in [0.1, 0.15) is 0 Å². The Morgan fingerprint density at radius 1 is 1.20 bits per heavy atom. The molecule has 0 spiro atoms. The van der Waals surface area contributed by atoms with Crippen molar-refractivity contribution in [3.05, 3.63) is 63.7 Å². The van der Waals surface area contributed by atoms with Gasteiger partial charge in [0.2, 0.25) is 9.84 Å². The van der Waals surface area contributed by atoms with Crippen LogP contribution in [0.5, 0.6) is 0 Å². The first-order valence-electron chi connectivity index (χ1n) is 8.79. The molecular formula is C18H18N6O5S. The second kappa shape index (κ2) is 7.99. The van der Waals surface area contributed by atoms with Gasteiger partial charge in [-0.15, -0.1) is 0 Å². The van der Waals surface area contributed by atoms with Gasteiger partial charge >= 0.3 is 0 Å². The fourth-order valence-electron chi connectivity index (χ4n) is 2.86. The van der Waals surface area contributed by atoms with E-state index >= 15 is 0 Å². The maximum atomic E-state index is 13.2. The predicted octanol–water partition coefficient (Wildman–Crippen LogP) is 2.33. The van der Waals surface area contributed by atoms with Crippen LogP contribution >= 0.6 is 0 Å². The van der Waals surface area contributed by atoms with Gasteiger partial charge in [-0.05, 0) is 34.5 Å². The second-order valence-electron chi connectivity index (χ2n) is 6.73. The molecule has 0 atom stereocenters. The van der Waals surface area contributed by atoms with Crippen LogP contribution in [-0.2, 0) is 16.9 Å². The highest BCUT2D eigenvalue weighted by Gasteiger charge is 2.32. The van der Waals surface area contributed by atoms with Gasteiger partial charge in [0.15, 0.2) is 0 Å². The summed E-state index contributed by atoms with van der Waals surface area (Å²) in [5, 5.41) is 24.0. The Kier molecular flexibility index (Phi) is 5.60. The molecule has 3 aromatic rings. The second-order valence-corrected chi connectivity index (χ2v) is 8.54. The number of sulfone groups is 1. The minimum Gasteiger partial charge on any atom is -0.321 e. The van der Waals surface area contributed by atoms with Gasteiger partial charge in [0, 0.05) is 24.2 Å². The van der Waals surface area contributed by atoms with E-state index in [1.807, 2.05) is 0 Å². The predicted molar refractivity (Wildman–Crippen MR) is 106 cm³/mol. The van der Waals surface area contributed by atoms with E-state index in [0.717, 1.165) is 10.7 Å². The summed E-state index contributed by atoms with van der Waals surface area (Å²) in [4.78, 5) is 23.3. The lowest BCUT2D eigenvalue weighted by Gasteiger charge is -2.15. The Bertz CT molecular complexity index is 1220. The van der Waals surface area contributed by atoms with Gasteiger partial charge in [-0.1, -0.05) is 37.1 Å². The van der Waals surface area contributed by atoms with E-state index in [1.165, 1.54) is 25.2 Å². The van der Waals surface area contributed by atoms with Gasteiger partial charge in [0.25, 0.3) is 16.8 Å². The lowest BCUT2D eigenvalue weighted by atomic mass is 10.0. The molecule has 1 N–H and O–H groups in total. The number of nitrogens with one attached hydrogen (secondary N) is 1. The molecule has 12 heteroatoms. The smallest absolute Gasteiger partial charge is 0.275 e. The van der Waals surface area contributed by atoms with Crippen molar-refractivity contribution in [2.45, 2.75) is 29.8 Å². The molecule has 2 aromatic carbocycles. The third kappa shape index (κ3) is 3.89. The normalized spacial score (nSPS) is 11.5. The molecule has 0 bridgehead atoms. The quantitative estimate of drug-likeness (QED) is 0.462. The number of benzene rings is 2. The summed E-state index contributed by atoms with van der Waals surface area (Å²) < 4.78 is 27.4. The SMILES string of the molecule is CC(C)c1cc(S(=O)(=O)c2nnnn2C)c(NC(=O)c2ccccc2)cc1[N+](=O)[O-]. The summed E-state index contributed by atoms with van der Waals surface area (Å²) in [5.41, 5.74) is -0.0745. The summed E-state index contributed by atoms with van der Waals surface area (Å²) in [6, 6.07) is 10.3. The average Bonchev–Trinajstić information content (AvgIpc) is 3.14. The van der Waals surface area contributed by atoms with Crippen molar-refractivity contribution in [1.29, 1.82) is 0 Å². The Balaban J connectivity index is 2.23. The third-order valence-electron chi connectivity index (χ3n) is 4.34. The van der Waals surface area contributed by atoms with Gasteiger partial charge in [-0.3, -0.25) is 14.9 Å². The van der Waals surface area contributed by atoms with Crippen LogP contribution in [0.25, 0.3) is 0 Å². The number of hydrogen-bond donors (Lipinski definition) is 1. The lowest BCUT2D eigenvalue weighted by molar-refractivity contribution is -0.385. The number of carbonyl (C=O) groups excluding carboxylic acids is 1. The highest BCUT2D eigenvalue weighted by atomic mass is 32.2. The lowest BCUT2D eigenvalue weighted by Crippen LogP contribution is -2.17. The highest BCUT2D eigenvalue weighted by molar-refractivity contribution is 7.91. The molecule has 11 nitrogen and oxygen atoms in total. The Morgan fingerprint density at radius 2 is 1.87 bits per heavy atom. The summed E-state index contributed by atoms with van der Waals surface area (Å²) in [5.74, 6) is -0.967. The largest absolute Gasteiger partial charge is 0.321 e. The monoisotopic (exact) mass is 430 g/mol. The molecule has 0 saturated carbocycles. The molecule has 0 aliphatic heterocycles. The van der Waals surface area contributed by atoms with Crippen molar-refractivity contribution >= 4 is 27.1 Å². The average molecular weight is 430 g/mol. The molecule has 1 heterocycles. The van der Waals surface area contributed by atoms with Crippen molar-refractivity contribution in [2.75, 3.05) is 5.32 Å². The number of nitrogens with zero attached hydrogens (tertiary/aromatic N) is 5. The van der Waals surface area contributed by atoms with Crippen LogP contribution in [0, 0.1) is 10.1 Å². The molecule has 0 unspecified atom stereocenters. The number of hydrogen-bond acceptors (Lipinski definition) is 8. The zero-order chi connectivity index (χ0) is 22.1. The zero-order valence-corrected chi connectivity index (χ0v) is 17.1. The number of carbonyl (C=O) groups is 1. The maximum Gasteiger partial charge on any atom is 0.275 e. The first kappa shape index (κ1) is 21.0. The summed E-state index contributed by atoms with van der Waals surface area (Å²) in [7, 11) is -2.94. The van der Waals surface area contributed by atoms with Crippen molar-refractivity contribution in [3.8, 4) is 0 Å². The first-order chi connectivity index (χ1) is 14.1. The molecule has 0 fully saturated rings. The molecule has 0 saturated heterocycles. The van der Waals surface area contributed by atoms with Crippen LogP contribution in [0.1, 0.15) is 35.7 Å². The van der Waals surface area contributed by atoms with Gasteiger partial charge in [-0.25, -0.2) is 13.1 Å². The minimum atomic E-state index is -4.29. The standard InChI is InChI=1S/C18H18N6O5S/c1-11(2)13-9-16(30(28,29)18-20-21-22-23(18)3)14(10-15(13)24(26)27)19-17(25)12-7-5-4-6-8-12/h4-11H,1-3H3,(H,19,25). The fraction of sp³-hybridized carbons (Fsp3) is 0.222.